The fourth-order valence-corrected chi connectivity index (χ4v) is 5.61. The van der Waals surface area contributed by atoms with Crippen molar-refractivity contribution in [2.75, 3.05) is 25.0 Å². The van der Waals surface area contributed by atoms with Crippen molar-refractivity contribution in [3.63, 3.8) is 0 Å². The van der Waals surface area contributed by atoms with E-state index in [-0.39, 0.29) is 21.7 Å². The first-order chi connectivity index (χ1) is 21.4. The molecule has 0 bridgehead atoms. The molecule has 0 aliphatic carbocycles. The van der Waals surface area contributed by atoms with E-state index in [0.717, 1.165) is 36.1 Å². The molecule has 0 fully saturated rings. The molecule has 0 aliphatic rings. The van der Waals surface area contributed by atoms with E-state index in [0.29, 0.717) is 65.2 Å². The van der Waals surface area contributed by atoms with Gasteiger partial charge in [0, 0.05) is 68.5 Å². The van der Waals surface area contributed by atoms with E-state index in [1.807, 2.05) is 13.8 Å². The van der Waals surface area contributed by atoms with Gasteiger partial charge in [0.1, 0.15) is 30.4 Å². The van der Waals surface area contributed by atoms with Crippen LogP contribution < -0.4 is 31.7 Å². The Morgan fingerprint density at radius 3 is 0.978 bits per heavy atom. The van der Waals surface area contributed by atoms with Crippen LogP contribution in [0.2, 0.25) is 0 Å². The van der Waals surface area contributed by atoms with Crippen molar-refractivity contribution in [1.82, 2.24) is 0 Å². The van der Waals surface area contributed by atoms with E-state index in [2.05, 4.69) is 9.97 Å². The minimum Gasteiger partial charge on any atom is -0.289 e. The summed E-state index contributed by atoms with van der Waals surface area (Å²) in [5.74, 6) is 0. The number of sulfone groups is 2. The molecule has 234 valence electrons. The summed E-state index contributed by atoms with van der Waals surface area (Å²) in [4.78, 5) is 60.5. The number of aryl methyl sites for hydroxylation is 2. The van der Waals surface area contributed by atoms with E-state index >= 15 is 0 Å². The lowest BCUT2D eigenvalue weighted by Crippen LogP contribution is -2.25. The predicted molar refractivity (Wildman–Crippen MR) is 183 cm³/mol. The third-order valence-corrected chi connectivity index (χ3v) is 7.33. The van der Waals surface area contributed by atoms with Gasteiger partial charge >= 0.3 is 0 Å². The maximum atomic E-state index is 13.6. The molecule has 0 unspecified atom stereocenters. The molecule has 0 radical (unpaired) electrons. The second kappa shape index (κ2) is 11.5. The number of nitrogens with one attached hydrogen (secondary N) is 2. The molecule has 0 saturated heterocycles. The first kappa shape index (κ1) is 32.5. The molecule has 7 aromatic rings. The standard InChI is InChI=1S/C30H16N2O4.2C2H6O2S/c1-13-11-19-21(29(35)17-9-5-3-7-15(17)27(19)33)25-23(13)31-26-22-20(12-14(2)24(26)32-25)28(34)16-8-4-6-10-18(16)30(22)36;2*1-5(2,3)4/h3-12H,1-2H3;2*1-2H3/p+2. The monoisotopic (exact) mass is 658 g/mol. The molecule has 0 amide bonds. The van der Waals surface area contributed by atoms with Crippen LogP contribution in [0.4, 0.5) is 0 Å². The predicted octanol–water partition coefficient (Wildman–Crippen LogP) is 2.49. The molecule has 1 aromatic heterocycles. The lowest BCUT2D eigenvalue weighted by Gasteiger charge is -2.05. The topological polar surface area (TPSA) is 165 Å². The van der Waals surface area contributed by atoms with Crippen molar-refractivity contribution in [1.29, 1.82) is 0 Å². The van der Waals surface area contributed by atoms with Crippen LogP contribution >= 0.6 is 0 Å². The highest BCUT2D eigenvalue weighted by Gasteiger charge is 2.28. The largest absolute Gasteiger partial charge is 0.289 e. The Hall–Kier alpha value is -4.94. The van der Waals surface area contributed by atoms with Crippen LogP contribution in [0.1, 0.15) is 11.1 Å². The van der Waals surface area contributed by atoms with E-state index < -0.39 is 19.7 Å². The van der Waals surface area contributed by atoms with Gasteiger partial charge in [0.25, 0.3) is 22.1 Å². The summed E-state index contributed by atoms with van der Waals surface area (Å²) < 4.78 is 38.5. The maximum Gasteiger partial charge on any atom is 0.288 e. The van der Waals surface area contributed by atoms with Crippen LogP contribution in [0.5, 0.6) is 0 Å². The minimum atomic E-state index is -2.67. The lowest BCUT2D eigenvalue weighted by atomic mass is 9.97. The lowest BCUT2D eigenvalue weighted by molar-refractivity contribution is -0.359. The highest BCUT2D eigenvalue weighted by Crippen LogP contribution is 2.26. The summed E-state index contributed by atoms with van der Waals surface area (Å²) >= 11 is 0. The van der Waals surface area contributed by atoms with Gasteiger partial charge < -0.3 is 0 Å². The Morgan fingerprint density at radius 2 is 0.696 bits per heavy atom. The van der Waals surface area contributed by atoms with Gasteiger partial charge in [-0.05, 0) is 26.0 Å². The SMILES string of the molecule is CS(C)(=O)=O.CS(C)(=O)=O.Cc1cc2c(=O)c3ccccc3c(=O)c2c2[nH+]c3c(C)cc4c(=O)c5ccccc5c(=O)c4c3[nH+]c12. The number of H-pyrrole nitrogens is 2. The van der Waals surface area contributed by atoms with Crippen molar-refractivity contribution in [2.24, 2.45) is 0 Å². The molecule has 46 heavy (non-hydrogen) atoms. The molecular weight excluding hydrogens is 629 g/mol. The van der Waals surface area contributed by atoms with Gasteiger partial charge in [-0.25, -0.2) is 16.8 Å². The van der Waals surface area contributed by atoms with Crippen molar-refractivity contribution < 1.29 is 26.8 Å². The Labute approximate surface area is 262 Å². The van der Waals surface area contributed by atoms with Crippen molar-refractivity contribution >= 4 is 84.8 Å². The molecule has 12 heteroatoms. The first-order valence-corrected chi connectivity index (χ1v) is 18.5. The number of hydrogen-bond acceptors (Lipinski definition) is 8. The van der Waals surface area contributed by atoms with Gasteiger partial charge in [-0.15, -0.1) is 0 Å². The third-order valence-electron chi connectivity index (χ3n) is 7.33. The Kier molecular flexibility index (Phi) is 8.08. The molecule has 0 atom stereocenters. The average Bonchev–Trinajstić information content (AvgIpc) is 2.96. The van der Waals surface area contributed by atoms with Gasteiger partial charge in [0.05, 0.1) is 0 Å². The highest BCUT2D eigenvalue weighted by atomic mass is 32.2. The fourth-order valence-electron chi connectivity index (χ4n) is 5.61. The zero-order valence-electron chi connectivity index (χ0n) is 25.9. The third kappa shape index (κ3) is 6.01. The number of aromatic nitrogens is 2. The van der Waals surface area contributed by atoms with E-state index in [4.69, 9.17) is 0 Å². The van der Waals surface area contributed by atoms with Gasteiger partial charge in [0.2, 0.25) is 10.9 Å². The average molecular weight is 659 g/mol. The van der Waals surface area contributed by atoms with Crippen LogP contribution in [0.25, 0.3) is 65.2 Å². The van der Waals surface area contributed by atoms with Crippen LogP contribution in [-0.2, 0) is 19.7 Å². The van der Waals surface area contributed by atoms with Crippen LogP contribution in [0, 0.1) is 13.8 Å². The smallest absolute Gasteiger partial charge is 0.288 e. The molecule has 10 nitrogen and oxygen atoms in total. The van der Waals surface area contributed by atoms with Crippen LogP contribution in [0.15, 0.2) is 79.8 Å². The number of rotatable bonds is 0. The normalized spacial score (nSPS) is 12.0. The Bertz CT molecular complexity index is 2660. The van der Waals surface area contributed by atoms with Crippen molar-refractivity contribution in [3.05, 3.63) is 113 Å². The van der Waals surface area contributed by atoms with Gasteiger partial charge in [0.15, 0.2) is 10.9 Å². The molecule has 0 spiro atoms. The summed E-state index contributed by atoms with van der Waals surface area (Å²) in [6.07, 6.45) is 4.64. The molecule has 2 N–H and O–H groups in total. The zero-order valence-corrected chi connectivity index (χ0v) is 27.5. The van der Waals surface area contributed by atoms with Crippen molar-refractivity contribution in [2.45, 2.75) is 13.8 Å². The fraction of sp³-hybridized carbons (Fsp3) is 0.176. The van der Waals surface area contributed by atoms with E-state index in [9.17, 15) is 36.0 Å². The number of hydrogen-bond donors (Lipinski definition) is 0. The summed E-state index contributed by atoms with van der Waals surface area (Å²) in [5, 5.41) is 2.84. The van der Waals surface area contributed by atoms with E-state index in [1.54, 1.807) is 60.7 Å². The molecule has 0 saturated carbocycles. The molecule has 7 rings (SSSR count). The molecular formula is C34H30N2O8S2+2. The second-order valence-electron chi connectivity index (χ2n) is 11.7. The number of aromatic amines is 2. The zero-order chi connectivity index (χ0) is 33.9. The molecule has 1 heterocycles. The summed E-state index contributed by atoms with van der Waals surface area (Å²) in [7, 11) is -5.33. The van der Waals surface area contributed by atoms with Gasteiger partial charge in [-0.3, -0.25) is 19.2 Å². The minimum absolute atomic E-state index is 0.196. The summed E-state index contributed by atoms with van der Waals surface area (Å²) in [6.45, 7) is 3.70. The number of fused-ring (bicyclic) bond motifs is 8. The first-order valence-electron chi connectivity index (χ1n) is 13.9. The van der Waals surface area contributed by atoms with Gasteiger partial charge in [-0.2, -0.15) is 9.97 Å². The van der Waals surface area contributed by atoms with Crippen LogP contribution in [-0.4, -0.2) is 41.9 Å². The summed E-state index contributed by atoms with van der Waals surface area (Å²) in [6, 6.07) is 17.1. The maximum absolute atomic E-state index is 13.6. The Morgan fingerprint density at radius 1 is 0.435 bits per heavy atom. The molecule has 0 aliphatic heterocycles. The molecule has 6 aromatic carbocycles. The number of benzene rings is 6. The van der Waals surface area contributed by atoms with Gasteiger partial charge in [-0.1, -0.05) is 48.5 Å². The summed E-state index contributed by atoms with van der Waals surface area (Å²) in [5.41, 5.74) is 2.85. The van der Waals surface area contributed by atoms with Crippen molar-refractivity contribution in [3.8, 4) is 0 Å². The van der Waals surface area contributed by atoms with Crippen LogP contribution in [0.3, 0.4) is 0 Å². The highest BCUT2D eigenvalue weighted by molar-refractivity contribution is 7.90. The quantitative estimate of drug-likeness (QED) is 0.177. The second-order valence-corrected chi connectivity index (χ2v) is 16.2. The van der Waals surface area contributed by atoms with E-state index in [1.165, 1.54) is 0 Å². The Balaban J connectivity index is 0.000000366.